The van der Waals surface area contributed by atoms with Crippen molar-refractivity contribution in [2.75, 3.05) is 6.54 Å². The van der Waals surface area contributed by atoms with E-state index >= 15 is 0 Å². The Balaban J connectivity index is 3.72. The summed E-state index contributed by atoms with van der Waals surface area (Å²) in [7, 11) is -0.997. The second-order valence-electron chi connectivity index (χ2n) is 5.29. The first-order chi connectivity index (χ1) is 7.49. The van der Waals surface area contributed by atoms with E-state index in [9.17, 15) is 0 Å². The van der Waals surface area contributed by atoms with E-state index in [1.807, 2.05) is 0 Å². The SMILES string of the molecule is CCCCCC/N=C/C(CC)S[Si](C)(C)C. The molecule has 0 fully saturated rings. The molecule has 0 saturated heterocycles. The van der Waals surface area contributed by atoms with Crippen LogP contribution in [0.1, 0.15) is 46.0 Å². The minimum absolute atomic E-state index is 0.651. The van der Waals surface area contributed by atoms with Gasteiger partial charge in [0.05, 0.1) is 0 Å². The van der Waals surface area contributed by atoms with Crippen LogP contribution in [0.3, 0.4) is 0 Å². The first-order valence-electron chi connectivity index (χ1n) is 6.67. The summed E-state index contributed by atoms with van der Waals surface area (Å²) < 4.78 is 0. The summed E-state index contributed by atoms with van der Waals surface area (Å²) in [5, 5.41) is 0.651. The zero-order valence-corrected chi connectivity index (χ0v) is 13.6. The summed E-state index contributed by atoms with van der Waals surface area (Å²) in [5.41, 5.74) is 0. The molecule has 0 amide bonds. The third-order valence-corrected chi connectivity index (χ3v) is 6.81. The van der Waals surface area contributed by atoms with Gasteiger partial charge < -0.3 is 0 Å². The second kappa shape index (κ2) is 9.29. The van der Waals surface area contributed by atoms with Crippen LogP contribution >= 0.6 is 11.2 Å². The average molecular weight is 260 g/mol. The molecule has 0 aromatic carbocycles. The predicted molar refractivity (Wildman–Crippen MR) is 82.5 cm³/mol. The van der Waals surface area contributed by atoms with E-state index in [2.05, 4.69) is 55.9 Å². The van der Waals surface area contributed by atoms with Gasteiger partial charge in [-0.2, -0.15) is 11.2 Å². The molecule has 0 aliphatic rings. The van der Waals surface area contributed by atoms with Crippen LogP contribution in [-0.2, 0) is 0 Å². The molecule has 1 unspecified atom stereocenters. The maximum Gasteiger partial charge on any atom is 0.109 e. The van der Waals surface area contributed by atoms with Crippen molar-refractivity contribution in [3.05, 3.63) is 0 Å². The number of aliphatic imine (C=N–C) groups is 1. The van der Waals surface area contributed by atoms with E-state index in [-0.39, 0.29) is 0 Å². The fourth-order valence-electron chi connectivity index (χ4n) is 1.50. The minimum Gasteiger partial charge on any atom is -0.296 e. The summed E-state index contributed by atoms with van der Waals surface area (Å²) in [4.78, 5) is 4.57. The lowest BCUT2D eigenvalue weighted by molar-refractivity contribution is 0.675. The van der Waals surface area contributed by atoms with Crippen LogP contribution in [-0.4, -0.2) is 25.2 Å². The number of nitrogens with zero attached hydrogens (tertiary/aromatic N) is 1. The highest BCUT2D eigenvalue weighted by atomic mass is 32.4. The van der Waals surface area contributed by atoms with Crippen molar-refractivity contribution in [3.8, 4) is 0 Å². The third kappa shape index (κ3) is 10.7. The van der Waals surface area contributed by atoms with Crippen molar-refractivity contribution in [3.63, 3.8) is 0 Å². The Morgan fingerprint density at radius 3 is 2.31 bits per heavy atom. The molecule has 0 rings (SSSR count). The minimum atomic E-state index is -0.997. The number of hydrogen-bond acceptors (Lipinski definition) is 2. The van der Waals surface area contributed by atoms with Crippen molar-refractivity contribution < 1.29 is 0 Å². The number of rotatable bonds is 9. The van der Waals surface area contributed by atoms with E-state index in [1.165, 1.54) is 32.1 Å². The van der Waals surface area contributed by atoms with E-state index in [0.29, 0.717) is 5.25 Å². The fraction of sp³-hybridized carbons (Fsp3) is 0.923. The molecule has 0 N–H and O–H groups in total. The molecule has 0 bridgehead atoms. The normalized spacial score (nSPS) is 14.6. The molecule has 0 heterocycles. The molecular weight excluding hydrogens is 230 g/mol. The van der Waals surface area contributed by atoms with Crippen LogP contribution in [0.5, 0.6) is 0 Å². The summed E-state index contributed by atoms with van der Waals surface area (Å²) in [6, 6.07) is 0. The molecule has 0 aromatic heterocycles. The molecule has 0 aliphatic carbocycles. The maximum absolute atomic E-state index is 4.57. The van der Waals surface area contributed by atoms with Gasteiger partial charge in [0.25, 0.3) is 0 Å². The van der Waals surface area contributed by atoms with Gasteiger partial charge in [0.15, 0.2) is 0 Å². The lowest BCUT2D eigenvalue weighted by Gasteiger charge is -2.20. The molecule has 0 spiro atoms. The molecule has 96 valence electrons. The number of unbranched alkanes of at least 4 members (excludes halogenated alkanes) is 3. The predicted octanol–water partition coefficient (Wildman–Crippen LogP) is 4.98. The van der Waals surface area contributed by atoms with Gasteiger partial charge in [0.2, 0.25) is 0 Å². The van der Waals surface area contributed by atoms with Gasteiger partial charge in [-0.25, -0.2) is 0 Å². The van der Waals surface area contributed by atoms with E-state index in [1.54, 1.807) is 0 Å². The summed E-state index contributed by atoms with van der Waals surface area (Å²) in [6.07, 6.45) is 8.69. The maximum atomic E-state index is 4.57. The van der Waals surface area contributed by atoms with Crippen molar-refractivity contribution in [1.82, 2.24) is 0 Å². The Bertz CT molecular complexity index is 187. The molecule has 1 atom stereocenters. The van der Waals surface area contributed by atoms with Crippen LogP contribution in [0.4, 0.5) is 0 Å². The lowest BCUT2D eigenvalue weighted by atomic mass is 10.2. The third-order valence-electron chi connectivity index (χ3n) is 2.32. The fourth-order valence-corrected chi connectivity index (χ4v) is 6.12. The van der Waals surface area contributed by atoms with Gasteiger partial charge in [-0.3, -0.25) is 4.99 Å². The van der Waals surface area contributed by atoms with Crippen LogP contribution in [0, 0.1) is 0 Å². The molecule has 1 nitrogen and oxygen atoms in total. The van der Waals surface area contributed by atoms with Crippen LogP contribution in [0.2, 0.25) is 19.6 Å². The molecular formula is C13H29NSSi. The second-order valence-corrected chi connectivity index (χ2v) is 14.7. The van der Waals surface area contributed by atoms with Crippen LogP contribution in [0.25, 0.3) is 0 Å². The first kappa shape index (κ1) is 16.2. The van der Waals surface area contributed by atoms with Crippen LogP contribution in [0.15, 0.2) is 4.99 Å². The van der Waals surface area contributed by atoms with Gasteiger partial charge in [0, 0.05) is 18.0 Å². The largest absolute Gasteiger partial charge is 0.296 e. The van der Waals surface area contributed by atoms with Gasteiger partial charge in [0.1, 0.15) is 7.22 Å². The summed E-state index contributed by atoms with van der Waals surface area (Å²) in [5.74, 6) is 0. The van der Waals surface area contributed by atoms with Gasteiger partial charge in [-0.05, 0) is 12.8 Å². The van der Waals surface area contributed by atoms with Crippen molar-refractivity contribution >= 4 is 24.6 Å². The topological polar surface area (TPSA) is 12.4 Å². The van der Waals surface area contributed by atoms with Crippen LogP contribution < -0.4 is 0 Å². The van der Waals surface area contributed by atoms with Gasteiger partial charge >= 0.3 is 0 Å². The monoisotopic (exact) mass is 259 g/mol. The highest BCUT2D eigenvalue weighted by Gasteiger charge is 2.18. The Labute approximate surface area is 107 Å². The van der Waals surface area contributed by atoms with Gasteiger partial charge in [-0.1, -0.05) is 52.8 Å². The van der Waals surface area contributed by atoms with E-state index in [4.69, 9.17) is 0 Å². The molecule has 16 heavy (non-hydrogen) atoms. The van der Waals surface area contributed by atoms with Crippen molar-refractivity contribution in [2.45, 2.75) is 70.8 Å². The van der Waals surface area contributed by atoms with Gasteiger partial charge in [-0.15, -0.1) is 0 Å². The van der Waals surface area contributed by atoms with E-state index < -0.39 is 7.22 Å². The zero-order chi connectivity index (χ0) is 12.4. The molecule has 0 aromatic rings. The Morgan fingerprint density at radius 1 is 1.12 bits per heavy atom. The molecule has 0 radical (unpaired) electrons. The molecule has 0 aliphatic heterocycles. The smallest absolute Gasteiger partial charge is 0.109 e. The standard InChI is InChI=1S/C13H29NSSi/c1-6-8-9-10-11-14-12-13(7-2)15-16(3,4)5/h12-13H,6-11H2,1-5H3/b14-12+. The highest BCUT2D eigenvalue weighted by molar-refractivity contribution is 8.29. The lowest BCUT2D eigenvalue weighted by Crippen LogP contribution is -2.21. The summed E-state index contributed by atoms with van der Waals surface area (Å²) >= 11 is 2.16. The number of hydrogen-bond donors (Lipinski definition) is 0. The Kier molecular flexibility index (Phi) is 9.42. The zero-order valence-electron chi connectivity index (χ0n) is 11.8. The summed E-state index contributed by atoms with van der Waals surface area (Å²) in [6.45, 7) is 12.8. The molecule has 0 saturated carbocycles. The highest BCUT2D eigenvalue weighted by Crippen LogP contribution is 2.25. The van der Waals surface area contributed by atoms with Crippen molar-refractivity contribution in [2.24, 2.45) is 4.99 Å². The van der Waals surface area contributed by atoms with E-state index in [0.717, 1.165) is 6.54 Å². The quantitative estimate of drug-likeness (QED) is 0.323. The first-order valence-corrected chi connectivity index (χ1v) is 11.8. The molecule has 3 heteroatoms. The van der Waals surface area contributed by atoms with Crippen molar-refractivity contribution in [1.29, 1.82) is 0 Å². The Hall–Kier alpha value is 0.237. The average Bonchev–Trinajstić information content (AvgIpc) is 2.19. The Morgan fingerprint density at radius 2 is 1.81 bits per heavy atom.